The first-order chi connectivity index (χ1) is 8.32. The van der Waals surface area contributed by atoms with Crippen LogP contribution in [0.25, 0.3) is 0 Å². The Morgan fingerprint density at radius 3 is 2.67 bits per heavy atom. The summed E-state index contributed by atoms with van der Waals surface area (Å²) >= 11 is 3.36. The molecule has 0 spiro atoms. The number of carbonyl (C=O) groups is 1. The van der Waals surface area contributed by atoms with Crippen LogP contribution in [0.15, 0.2) is 18.2 Å². The highest BCUT2D eigenvalue weighted by molar-refractivity contribution is 9.09. The predicted molar refractivity (Wildman–Crippen MR) is 73.2 cm³/mol. The van der Waals surface area contributed by atoms with Crippen LogP contribution in [0.4, 0.5) is 5.69 Å². The van der Waals surface area contributed by atoms with E-state index in [2.05, 4.69) is 15.9 Å². The highest BCUT2D eigenvalue weighted by atomic mass is 79.9. The molecular weight excluding hydrogens is 300 g/mol. The number of aryl methyl sites for hydroxylation is 1. The molecule has 98 valence electrons. The van der Waals surface area contributed by atoms with Gasteiger partial charge in [-0.2, -0.15) is 0 Å². The van der Waals surface area contributed by atoms with Gasteiger partial charge in [0.05, 0.1) is 4.92 Å². The van der Waals surface area contributed by atoms with E-state index in [0.717, 1.165) is 0 Å². The van der Waals surface area contributed by atoms with Crippen molar-refractivity contribution in [2.45, 2.75) is 18.7 Å². The van der Waals surface area contributed by atoms with E-state index >= 15 is 0 Å². The minimum Gasteiger partial charge on any atom is -0.341 e. The van der Waals surface area contributed by atoms with E-state index in [1.807, 2.05) is 6.92 Å². The second kappa shape index (κ2) is 5.95. The normalized spacial score (nSPS) is 12.0. The van der Waals surface area contributed by atoms with Gasteiger partial charge in [0.15, 0.2) is 0 Å². The summed E-state index contributed by atoms with van der Waals surface area (Å²) < 4.78 is 0. The molecule has 0 aromatic heterocycles. The van der Waals surface area contributed by atoms with Crippen molar-refractivity contribution in [1.29, 1.82) is 0 Å². The number of nitrogens with zero attached hydrogens (tertiary/aromatic N) is 2. The molecule has 0 aliphatic heterocycles. The molecule has 0 aliphatic rings. The van der Waals surface area contributed by atoms with Gasteiger partial charge in [-0.25, -0.2) is 0 Å². The number of hydrogen-bond acceptors (Lipinski definition) is 3. The summed E-state index contributed by atoms with van der Waals surface area (Å²) in [6.45, 7) is 4.12. The maximum Gasteiger partial charge on any atom is 0.273 e. The minimum atomic E-state index is -0.473. The number of rotatable bonds is 4. The molecule has 0 bridgehead atoms. The van der Waals surface area contributed by atoms with Gasteiger partial charge in [0.1, 0.15) is 0 Å². The molecule has 0 aliphatic carbocycles. The fraction of sp³-hybridized carbons (Fsp3) is 0.417. The Balaban J connectivity index is 3.00. The van der Waals surface area contributed by atoms with Gasteiger partial charge in [0.25, 0.3) is 11.6 Å². The first-order valence-corrected chi connectivity index (χ1v) is 6.39. The van der Waals surface area contributed by atoms with Crippen LogP contribution in [0.5, 0.6) is 0 Å². The van der Waals surface area contributed by atoms with Crippen molar-refractivity contribution in [3.05, 3.63) is 39.4 Å². The van der Waals surface area contributed by atoms with Crippen LogP contribution in [0.3, 0.4) is 0 Å². The van der Waals surface area contributed by atoms with E-state index in [0.29, 0.717) is 17.7 Å². The fourth-order valence-corrected chi connectivity index (χ4v) is 2.05. The molecule has 1 amide bonds. The molecule has 1 atom stereocenters. The van der Waals surface area contributed by atoms with Gasteiger partial charge in [-0.1, -0.05) is 28.9 Å². The lowest BCUT2D eigenvalue weighted by Gasteiger charge is -2.18. The lowest BCUT2D eigenvalue weighted by molar-refractivity contribution is -0.385. The van der Waals surface area contributed by atoms with E-state index in [1.54, 1.807) is 26.1 Å². The standard InChI is InChI=1S/C12H15BrN2O3/c1-8-4-5-10(6-11(8)15(17)18)12(16)14(3)7-9(2)13/h4-6,9H,7H2,1-3H3. The molecule has 5 nitrogen and oxygen atoms in total. The third-order valence-electron chi connectivity index (χ3n) is 2.52. The zero-order valence-electron chi connectivity index (χ0n) is 10.5. The fourth-order valence-electron chi connectivity index (χ4n) is 1.62. The molecule has 1 aromatic carbocycles. The SMILES string of the molecule is Cc1ccc(C(=O)N(C)CC(C)Br)cc1[N+](=O)[O-]. The number of hydrogen-bond donors (Lipinski definition) is 0. The highest BCUT2D eigenvalue weighted by Crippen LogP contribution is 2.20. The van der Waals surface area contributed by atoms with E-state index in [-0.39, 0.29) is 16.4 Å². The largest absolute Gasteiger partial charge is 0.341 e. The van der Waals surface area contributed by atoms with Crippen molar-refractivity contribution >= 4 is 27.5 Å². The van der Waals surface area contributed by atoms with Gasteiger partial charge in [0.2, 0.25) is 0 Å². The molecule has 1 aromatic rings. The Labute approximate surface area is 114 Å². The van der Waals surface area contributed by atoms with Gasteiger partial charge in [0, 0.05) is 35.6 Å². The molecule has 0 N–H and O–H groups in total. The zero-order valence-corrected chi connectivity index (χ0v) is 12.1. The molecule has 1 unspecified atom stereocenters. The van der Waals surface area contributed by atoms with Crippen molar-refractivity contribution in [2.75, 3.05) is 13.6 Å². The van der Waals surface area contributed by atoms with E-state index in [9.17, 15) is 14.9 Å². The Kier molecular flexibility index (Phi) is 4.84. The van der Waals surface area contributed by atoms with E-state index in [1.165, 1.54) is 11.0 Å². The van der Waals surface area contributed by atoms with Crippen LogP contribution in [-0.4, -0.2) is 34.2 Å². The van der Waals surface area contributed by atoms with Crippen molar-refractivity contribution < 1.29 is 9.72 Å². The predicted octanol–water partition coefficient (Wildman–Crippen LogP) is 2.76. The molecule has 18 heavy (non-hydrogen) atoms. The number of amides is 1. The Bertz CT molecular complexity index is 474. The average Bonchev–Trinajstić information content (AvgIpc) is 2.27. The van der Waals surface area contributed by atoms with Crippen molar-refractivity contribution in [2.24, 2.45) is 0 Å². The summed E-state index contributed by atoms with van der Waals surface area (Å²) in [6.07, 6.45) is 0. The average molecular weight is 315 g/mol. The minimum absolute atomic E-state index is 0.0267. The molecule has 6 heteroatoms. The Morgan fingerprint density at radius 1 is 1.56 bits per heavy atom. The van der Waals surface area contributed by atoms with Gasteiger partial charge < -0.3 is 4.90 Å². The zero-order chi connectivity index (χ0) is 13.9. The third kappa shape index (κ3) is 3.53. The van der Waals surface area contributed by atoms with E-state index < -0.39 is 4.92 Å². The van der Waals surface area contributed by atoms with Crippen LogP contribution in [-0.2, 0) is 0 Å². The molecule has 0 radical (unpaired) electrons. The van der Waals surface area contributed by atoms with Crippen LogP contribution >= 0.6 is 15.9 Å². The summed E-state index contributed by atoms with van der Waals surface area (Å²) in [6, 6.07) is 4.53. The Hall–Kier alpha value is -1.43. The number of nitro groups is 1. The number of alkyl halides is 1. The lowest BCUT2D eigenvalue weighted by Crippen LogP contribution is -2.31. The molecule has 1 rings (SSSR count). The number of benzene rings is 1. The molecular formula is C12H15BrN2O3. The van der Waals surface area contributed by atoms with Gasteiger partial charge in [-0.3, -0.25) is 14.9 Å². The first kappa shape index (κ1) is 14.6. The Morgan fingerprint density at radius 2 is 2.17 bits per heavy atom. The van der Waals surface area contributed by atoms with Crippen molar-refractivity contribution in [3.63, 3.8) is 0 Å². The third-order valence-corrected chi connectivity index (χ3v) is 2.81. The first-order valence-electron chi connectivity index (χ1n) is 5.47. The molecule has 0 fully saturated rings. The summed E-state index contributed by atoms with van der Waals surface area (Å²) in [5, 5.41) is 10.8. The molecule has 0 saturated carbocycles. The summed E-state index contributed by atoms with van der Waals surface area (Å²) in [5.41, 5.74) is 0.858. The smallest absolute Gasteiger partial charge is 0.273 e. The van der Waals surface area contributed by atoms with Gasteiger partial charge in [-0.05, 0) is 13.0 Å². The second-order valence-corrected chi connectivity index (χ2v) is 5.79. The topological polar surface area (TPSA) is 63.5 Å². The maximum atomic E-state index is 12.0. The molecule has 0 saturated heterocycles. The van der Waals surface area contributed by atoms with Gasteiger partial charge in [-0.15, -0.1) is 0 Å². The van der Waals surface area contributed by atoms with Crippen LogP contribution in [0, 0.1) is 17.0 Å². The highest BCUT2D eigenvalue weighted by Gasteiger charge is 2.18. The van der Waals surface area contributed by atoms with Crippen molar-refractivity contribution in [3.8, 4) is 0 Å². The summed E-state index contributed by atoms with van der Waals surface area (Å²) in [5.74, 6) is -0.218. The van der Waals surface area contributed by atoms with Crippen LogP contribution < -0.4 is 0 Å². The number of nitro benzene ring substituents is 1. The monoisotopic (exact) mass is 314 g/mol. The number of carbonyl (C=O) groups excluding carboxylic acids is 1. The quantitative estimate of drug-likeness (QED) is 0.487. The second-order valence-electron chi connectivity index (χ2n) is 4.22. The maximum absolute atomic E-state index is 12.0. The summed E-state index contributed by atoms with van der Waals surface area (Å²) in [7, 11) is 1.67. The molecule has 0 heterocycles. The van der Waals surface area contributed by atoms with Crippen LogP contribution in [0.2, 0.25) is 0 Å². The summed E-state index contributed by atoms with van der Waals surface area (Å²) in [4.78, 5) is 24.1. The van der Waals surface area contributed by atoms with Gasteiger partial charge >= 0.3 is 0 Å². The number of halogens is 1. The van der Waals surface area contributed by atoms with Crippen LogP contribution in [0.1, 0.15) is 22.8 Å². The van der Waals surface area contributed by atoms with Crippen molar-refractivity contribution in [1.82, 2.24) is 4.90 Å². The van der Waals surface area contributed by atoms with E-state index in [4.69, 9.17) is 0 Å². The lowest BCUT2D eigenvalue weighted by atomic mass is 10.1.